The quantitative estimate of drug-likeness (QED) is 0.734. The molecule has 8 heteroatoms. The van der Waals surface area contributed by atoms with Crippen LogP contribution in [0.25, 0.3) is 11.4 Å². The van der Waals surface area contributed by atoms with Gasteiger partial charge in [0.25, 0.3) is 0 Å². The van der Waals surface area contributed by atoms with Crippen LogP contribution in [0.4, 0.5) is 0 Å². The lowest BCUT2D eigenvalue weighted by Gasteiger charge is -2.01. The molecule has 0 spiro atoms. The summed E-state index contributed by atoms with van der Waals surface area (Å²) >= 11 is 6.06. The summed E-state index contributed by atoms with van der Waals surface area (Å²) < 4.78 is 28.1. The third-order valence-corrected chi connectivity index (χ3v) is 5.79. The lowest BCUT2D eigenvalue weighted by atomic mass is 10.1. The topological polar surface area (TPSA) is 99.1 Å². The van der Waals surface area contributed by atoms with Crippen molar-refractivity contribution in [2.45, 2.75) is 30.1 Å². The summed E-state index contributed by atoms with van der Waals surface area (Å²) in [6.45, 7) is 1.97. The Morgan fingerprint density at radius 3 is 2.58 bits per heavy atom. The minimum absolute atomic E-state index is 0.106. The van der Waals surface area contributed by atoms with Gasteiger partial charge in [0, 0.05) is 16.5 Å². The van der Waals surface area contributed by atoms with Crippen LogP contribution in [0.15, 0.2) is 51.9 Å². The molecule has 0 bridgehead atoms. The Morgan fingerprint density at radius 1 is 1.15 bits per heavy atom. The zero-order valence-electron chi connectivity index (χ0n) is 13.9. The molecule has 1 aliphatic carbocycles. The van der Waals surface area contributed by atoms with Crippen molar-refractivity contribution >= 4 is 21.6 Å². The smallest absolute Gasteiger partial charge is 0.238 e. The Hall–Kier alpha value is -2.22. The van der Waals surface area contributed by atoms with E-state index >= 15 is 0 Å². The molecule has 2 atom stereocenters. The number of aryl methyl sites for hydroxylation is 1. The average molecular weight is 390 g/mol. The van der Waals surface area contributed by atoms with Gasteiger partial charge < -0.3 is 4.52 Å². The molecule has 2 aromatic carbocycles. The van der Waals surface area contributed by atoms with E-state index in [-0.39, 0.29) is 16.7 Å². The van der Waals surface area contributed by atoms with Crippen LogP contribution >= 0.6 is 11.6 Å². The van der Waals surface area contributed by atoms with Crippen molar-refractivity contribution in [3.05, 3.63) is 64.5 Å². The summed E-state index contributed by atoms with van der Waals surface area (Å²) in [6.07, 6.45) is 0.880. The average Bonchev–Trinajstić information content (AvgIpc) is 3.25. The number of nitrogens with zero attached hydrogens (tertiary/aromatic N) is 2. The van der Waals surface area contributed by atoms with Crippen LogP contribution in [-0.2, 0) is 10.0 Å². The molecule has 6 nitrogen and oxygen atoms in total. The van der Waals surface area contributed by atoms with Crippen molar-refractivity contribution in [2.24, 2.45) is 5.14 Å². The van der Waals surface area contributed by atoms with Crippen molar-refractivity contribution in [3.63, 3.8) is 0 Å². The number of nitrogens with two attached hydrogens (primary N) is 1. The van der Waals surface area contributed by atoms with Gasteiger partial charge in [-0.05, 0) is 54.7 Å². The zero-order chi connectivity index (χ0) is 18.5. The SMILES string of the molecule is Cc1ccc(Cl)cc1-c1noc([C@@H]2C[C@H]2c2ccc(S(N)(=O)=O)cc2)n1. The molecule has 26 heavy (non-hydrogen) atoms. The van der Waals surface area contributed by atoms with E-state index in [0.29, 0.717) is 16.7 Å². The number of sulfonamides is 1. The monoisotopic (exact) mass is 389 g/mol. The standard InChI is InChI=1S/C18H16ClN3O3S/c1-10-2-5-12(19)8-14(10)17-21-18(25-22-17)16-9-15(16)11-3-6-13(7-4-11)26(20,23)24/h2-8,15-16H,9H2,1H3,(H2,20,23,24)/t15-,16+/m0/s1. The number of rotatable bonds is 4. The molecule has 3 aromatic rings. The fourth-order valence-electron chi connectivity index (χ4n) is 3.07. The summed E-state index contributed by atoms with van der Waals surface area (Å²) in [4.78, 5) is 4.63. The normalized spacial score (nSPS) is 19.5. The van der Waals surface area contributed by atoms with Crippen molar-refractivity contribution < 1.29 is 12.9 Å². The van der Waals surface area contributed by atoms with Gasteiger partial charge in [0.1, 0.15) is 0 Å². The minimum Gasteiger partial charge on any atom is -0.339 e. The first-order valence-electron chi connectivity index (χ1n) is 8.06. The predicted octanol–water partition coefficient (Wildman–Crippen LogP) is 3.62. The van der Waals surface area contributed by atoms with Crippen LogP contribution < -0.4 is 5.14 Å². The van der Waals surface area contributed by atoms with E-state index < -0.39 is 10.0 Å². The summed E-state index contributed by atoms with van der Waals surface area (Å²) in [6, 6.07) is 12.2. The highest BCUT2D eigenvalue weighted by atomic mass is 35.5. The highest BCUT2D eigenvalue weighted by Gasteiger charge is 2.43. The maximum Gasteiger partial charge on any atom is 0.238 e. The van der Waals surface area contributed by atoms with E-state index in [1.807, 2.05) is 25.1 Å². The summed E-state index contributed by atoms with van der Waals surface area (Å²) in [5, 5.41) is 9.83. The molecule has 1 heterocycles. The van der Waals surface area contributed by atoms with Gasteiger partial charge in [-0.1, -0.05) is 35.0 Å². The van der Waals surface area contributed by atoms with Gasteiger partial charge in [-0.3, -0.25) is 0 Å². The van der Waals surface area contributed by atoms with Gasteiger partial charge in [0.2, 0.25) is 21.7 Å². The fraction of sp³-hybridized carbons (Fsp3) is 0.222. The van der Waals surface area contributed by atoms with Crippen LogP contribution in [0.2, 0.25) is 5.02 Å². The number of benzene rings is 2. The van der Waals surface area contributed by atoms with Gasteiger partial charge in [0.15, 0.2) is 0 Å². The van der Waals surface area contributed by atoms with Gasteiger partial charge in [-0.15, -0.1) is 0 Å². The van der Waals surface area contributed by atoms with E-state index in [2.05, 4.69) is 10.1 Å². The Bertz CT molecular complexity index is 1080. The third-order valence-electron chi connectivity index (χ3n) is 4.63. The van der Waals surface area contributed by atoms with Crippen LogP contribution in [0.1, 0.15) is 35.3 Å². The van der Waals surface area contributed by atoms with Crippen LogP contribution in [0.5, 0.6) is 0 Å². The van der Waals surface area contributed by atoms with Gasteiger partial charge in [-0.2, -0.15) is 4.98 Å². The van der Waals surface area contributed by atoms with Crippen LogP contribution in [-0.4, -0.2) is 18.6 Å². The van der Waals surface area contributed by atoms with E-state index in [9.17, 15) is 8.42 Å². The maximum absolute atomic E-state index is 11.3. The molecule has 0 radical (unpaired) electrons. The molecule has 0 unspecified atom stereocenters. The number of halogens is 1. The molecule has 134 valence electrons. The van der Waals surface area contributed by atoms with Gasteiger partial charge in [0.05, 0.1) is 4.90 Å². The highest BCUT2D eigenvalue weighted by Crippen LogP contribution is 2.54. The Morgan fingerprint density at radius 2 is 1.88 bits per heavy atom. The second-order valence-electron chi connectivity index (χ2n) is 6.48. The summed E-state index contributed by atoms with van der Waals surface area (Å²) in [5.41, 5.74) is 2.90. The highest BCUT2D eigenvalue weighted by molar-refractivity contribution is 7.89. The van der Waals surface area contributed by atoms with E-state index in [1.54, 1.807) is 12.1 Å². The van der Waals surface area contributed by atoms with E-state index in [0.717, 1.165) is 23.1 Å². The molecular weight excluding hydrogens is 374 g/mol. The Kier molecular flexibility index (Phi) is 4.10. The molecule has 1 saturated carbocycles. The zero-order valence-corrected chi connectivity index (χ0v) is 15.5. The first-order valence-corrected chi connectivity index (χ1v) is 9.98. The summed E-state index contributed by atoms with van der Waals surface area (Å²) in [5.74, 6) is 1.48. The van der Waals surface area contributed by atoms with Crippen molar-refractivity contribution in [1.82, 2.24) is 10.1 Å². The van der Waals surface area contributed by atoms with Crippen LogP contribution in [0, 0.1) is 6.92 Å². The molecule has 0 aliphatic heterocycles. The van der Waals surface area contributed by atoms with Gasteiger partial charge >= 0.3 is 0 Å². The fourth-order valence-corrected chi connectivity index (χ4v) is 3.76. The Labute approximate surface area is 156 Å². The maximum atomic E-state index is 11.3. The number of hydrogen-bond acceptors (Lipinski definition) is 5. The number of primary sulfonamides is 1. The molecule has 1 aliphatic rings. The van der Waals surface area contributed by atoms with Crippen molar-refractivity contribution in [2.75, 3.05) is 0 Å². The molecule has 2 N–H and O–H groups in total. The van der Waals surface area contributed by atoms with E-state index in [4.69, 9.17) is 21.3 Å². The van der Waals surface area contributed by atoms with Crippen molar-refractivity contribution in [1.29, 1.82) is 0 Å². The molecular formula is C18H16ClN3O3S. The van der Waals surface area contributed by atoms with Gasteiger partial charge in [-0.25, -0.2) is 13.6 Å². The van der Waals surface area contributed by atoms with Crippen LogP contribution in [0.3, 0.4) is 0 Å². The first kappa shape index (κ1) is 17.2. The van der Waals surface area contributed by atoms with E-state index in [1.165, 1.54) is 12.1 Å². The lowest BCUT2D eigenvalue weighted by Crippen LogP contribution is -2.11. The predicted molar refractivity (Wildman–Crippen MR) is 97.4 cm³/mol. The molecule has 1 fully saturated rings. The number of aromatic nitrogens is 2. The molecule has 0 saturated heterocycles. The minimum atomic E-state index is -3.68. The molecule has 1 aromatic heterocycles. The number of hydrogen-bond donors (Lipinski definition) is 1. The first-order chi connectivity index (χ1) is 12.3. The summed E-state index contributed by atoms with van der Waals surface area (Å²) in [7, 11) is -3.68. The van der Waals surface area contributed by atoms with Crippen molar-refractivity contribution in [3.8, 4) is 11.4 Å². The molecule has 4 rings (SSSR count). The second kappa shape index (κ2) is 6.19. The third kappa shape index (κ3) is 3.25. The molecule has 0 amide bonds. The Balaban J connectivity index is 1.54. The lowest BCUT2D eigenvalue weighted by molar-refractivity contribution is 0.378. The largest absolute Gasteiger partial charge is 0.339 e. The second-order valence-corrected chi connectivity index (χ2v) is 8.48.